The molecule has 0 saturated carbocycles. The van der Waals surface area contributed by atoms with Gasteiger partial charge in [-0.25, -0.2) is 13.4 Å². The smallest absolute Gasteiger partial charge is 0.245 e. The lowest BCUT2D eigenvalue weighted by molar-refractivity contribution is -0.122. The van der Waals surface area contributed by atoms with Gasteiger partial charge in [0.1, 0.15) is 10.6 Å². The molecular formula is C14H16ClN3O4S2. The number of thiazole rings is 1. The van der Waals surface area contributed by atoms with Crippen molar-refractivity contribution in [2.24, 2.45) is 0 Å². The molecule has 0 aliphatic rings. The summed E-state index contributed by atoms with van der Waals surface area (Å²) in [6.07, 6.45) is 0. The first-order valence-electron chi connectivity index (χ1n) is 6.84. The van der Waals surface area contributed by atoms with Gasteiger partial charge in [0.05, 0.1) is 30.9 Å². The first-order chi connectivity index (χ1) is 11.3. The number of ether oxygens (including phenoxy) is 1. The zero-order chi connectivity index (χ0) is 17.7. The molecular weight excluding hydrogens is 374 g/mol. The van der Waals surface area contributed by atoms with E-state index in [-0.39, 0.29) is 22.2 Å². The number of benzene rings is 1. The third-order valence-electron chi connectivity index (χ3n) is 3.07. The number of halogens is 1. The van der Waals surface area contributed by atoms with Crippen molar-refractivity contribution >= 4 is 38.9 Å². The van der Waals surface area contributed by atoms with Crippen molar-refractivity contribution < 1.29 is 17.9 Å². The summed E-state index contributed by atoms with van der Waals surface area (Å²) in [5, 5.41) is 4.66. The predicted octanol–water partition coefficient (Wildman–Crippen LogP) is 1.79. The minimum Gasteiger partial charge on any atom is -0.495 e. The van der Waals surface area contributed by atoms with Crippen LogP contribution in [-0.2, 0) is 21.4 Å². The molecule has 2 aromatic rings. The summed E-state index contributed by atoms with van der Waals surface area (Å²) in [7, 11) is -2.62. The molecule has 1 aromatic heterocycles. The fourth-order valence-electron chi connectivity index (χ4n) is 1.87. The number of hydrogen-bond acceptors (Lipinski definition) is 6. The van der Waals surface area contributed by atoms with Crippen molar-refractivity contribution in [1.82, 2.24) is 15.0 Å². The van der Waals surface area contributed by atoms with Gasteiger partial charge in [0.25, 0.3) is 0 Å². The molecule has 130 valence electrons. The highest BCUT2D eigenvalue weighted by molar-refractivity contribution is 7.89. The van der Waals surface area contributed by atoms with Crippen LogP contribution in [0.2, 0.25) is 5.02 Å². The van der Waals surface area contributed by atoms with E-state index >= 15 is 0 Å². The number of hydrogen-bond donors (Lipinski definition) is 2. The number of sulfonamides is 1. The monoisotopic (exact) mass is 389 g/mol. The lowest BCUT2D eigenvalue weighted by Gasteiger charge is -2.16. The van der Waals surface area contributed by atoms with Gasteiger partial charge in [0.15, 0.2) is 0 Å². The molecule has 1 amide bonds. The normalized spacial score (nSPS) is 12.6. The Balaban J connectivity index is 2.07. The molecule has 1 aromatic carbocycles. The highest BCUT2D eigenvalue weighted by Gasteiger charge is 2.25. The fourth-order valence-corrected chi connectivity index (χ4v) is 4.06. The van der Waals surface area contributed by atoms with E-state index in [4.69, 9.17) is 16.3 Å². The maximum Gasteiger partial charge on any atom is 0.245 e. The Morgan fingerprint density at radius 3 is 2.83 bits per heavy atom. The van der Waals surface area contributed by atoms with E-state index in [0.717, 1.165) is 0 Å². The summed E-state index contributed by atoms with van der Waals surface area (Å²) in [6.45, 7) is 1.68. The van der Waals surface area contributed by atoms with Gasteiger partial charge in [-0.15, -0.1) is 11.3 Å². The van der Waals surface area contributed by atoms with Crippen LogP contribution in [0.15, 0.2) is 34.0 Å². The average molecular weight is 390 g/mol. The second-order valence-electron chi connectivity index (χ2n) is 4.84. The van der Waals surface area contributed by atoms with Crippen molar-refractivity contribution in [3.63, 3.8) is 0 Å². The van der Waals surface area contributed by atoms with Gasteiger partial charge in [-0.1, -0.05) is 11.6 Å². The van der Waals surface area contributed by atoms with Crippen LogP contribution in [0.3, 0.4) is 0 Å². The van der Waals surface area contributed by atoms with E-state index in [1.807, 2.05) is 0 Å². The summed E-state index contributed by atoms with van der Waals surface area (Å²) >= 11 is 7.26. The largest absolute Gasteiger partial charge is 0.495 e. The first-order valence-corrected chi connectivity index (χ1v) is 9.64. The van der Waals surface area contributed by atoms with Gasteiger partial charge < -0.3 is 10.1 Å². The standard InChI is InChI=1S/C14H16ClN3O4S2/c1-9(14(19)16-6-11-7-23-8-17-11)18-24(20,21)13-5-10(15)3-4-12(13)22-2/h3-5,7-9,18H,6H2,1-2H3,(H,16,19). The van der Waals surface area contributed by atoms with Crippen LogP contribution in [0.4, 0.5) is 0 Å². The molecule has 7 nitrogen and oxygen atoms in total. The Labute approximate surface area is 149 Å². The Bertz CT molecular complexity index is 809. The Kier molecular flexibility index (Phi) is 6.16. The Morgan fingerprint density at radius 1 is 1.46 bits per heavy atom. The lowest BCUT2D eigenvalue weighted by atomic mass is 10.3. The lowest BCUT2D eigenvalue weighted by Crippen LogP contribution is -2.44. The van der Waals surface area contributed by atoms with E-state index < -0.39 is 22.0 Å². The zero-order valence-electron chi connectivity index (χ0n) is 12.9. The van der Waals surface area contributed by atoms with E-state index in [0.29, 0.717) is 5.69 Å². The van der Waals surface area contributed by atoms with Crippen LogP contribution in [0.1, 0.15) is 12.6 Å². The second kappa shape index (κ2) is 7.93. The molecule has 1 heterocycles. The van der Waals surface area contributed by atoms with Gasteiger partial charge in [-0.3, -0.25) is 4.79 Å². The van der Waals surface area contributed by atoms with Crippen LogP contribution in [0, 0.1) is 0 Å². The van der Waals surface area contributed by atoms with Crippen molar-refractivity contribution in [3.05, 3.63) is 39.8 Å². The van der Waals surface area contributed by atoms with Gasteiger partial charge in [0.2, 0.25) is 15.9 Å². The minimum atomic E-state index is -3.98. The number of nitrogens with zero attached hydrogens (tertiary/aromatic N) is 1. The number of aromatic nitrogens is 1. The summed E-state index contributed by atoms with van der Waals surface area (Å²) in [4.78, 5) is 16.0. The van der Waals surface area contributed by atoms with Crippen molar-refractivity contribution in [2.75, 3.05) is 7.11 Å². The number of rotatable bonds is 7. The van der Waals surface area contributed by atoms with Gasteiger partial charge in [-0.2, -0.15) is 4.72 Å². The molecule has 0 bridgehead atoms. The molecule has 0 saturated heterocycles. The average Bonchev–Trinajstić information content (AvgIpc) is 3.05. The van der Waals surface area contributed by atoms with E-state index in [2.05, 4.69) is 15.0 Å². The summed E-state index contributed by atoms with van der Waals surface area (Å²) in [6, 6.07) is 3.26. The minimum absolute atomic E-state index is 0.128. The summed E-state index contributed by atoms with van der Waals surface area (Å²) < 4.78 is 32.3. The third kappa shape index (κ3) is 4.67. The molecule has 2 N–H and O–H groups in total. The highest BCUT2D eigenvalue weighted by atomic mass is 35.5. The van der Waals surface area contributed by atoms with Crippen LogP contribution < -0.4 is 14.8 Å². The third-order valence-corrected chi connectivity index (χ3v) is 5.50. The molecule has 0 fully saturated rings. The Hall–Kier alpha value is -1.68. The van der Waals surface area contributed by atoms with Crippen LogP contribution in [0.5, 0.6) is 5.75 Å². The highest BCUT2D eigenvalue weighted by Crippen LogP contribution is 2.27. The molecule has 0 radical (unpaired) electrons. The molecule has 10 heteroatoms. The van der Waals surface area contributed by atoms with Gasteiger partial charge in [-0.05, 0) is 25.1 Å². The van der Waals surface area contributed by atoms with Gasteiger partial charge in [0, 0.05) is 10.4 Å². The molecule has 1 unspecified atom stereocenters. The molecule has 0 aliphatic carbocycles. The predicted molar refractivity (Wildman–Crippen MR) is 91.7 cm³/mol. The Morgan fingerprint density at radius 2 is 2.21 bits per heavy atom. The first kappa shape index (κ1) is 18.7. The molecule has 0 aliphatic heterocycles. The quantitative estimate of drug-likeness (QED) is 0.752. The van der Waals surface area contributed by atoms with Crippen molar-refractivity contribution in [3.8, 4) is 5.75 Å². The number of nitrogens with one attached hydrogen (secondary N) is 2. The van der Waals surface area contributed by atoms with Gasteiger partial charge >= 0.3 is 0 Å². The summed E-state index contributed by atoms with van der Waals surface area (Å²) in [5.41, 5.74) is 2.36. The van der Waals surface area contributed by atoms with Crippen LogP contribution >= 0.6 is 22.9 Å². The topological polar surface area (TPSA) is 97.4 Å². The molecule has 2 rings (SSSR count). The maximum absolute atomic E-state index is 12.5. The fraction of sp³-hybridized carbons (Fsp3) is 0.286. The van der Waals surface area contributed by atoms with Crippen LogP contribution in [0.25, 0.3) is 0 Å². The zero-order valence-corrected chi connectivity index (χ0v) is 15.3. The van der Waals surface area contributed by atoms with E-state index in [1.165, 1.54) is 43.6 Å². The number of amides is 1. The number of carbonyl (C=O) groups is 1. The van der Waals surface area contributed by atoms with E-state index in [1.54, 1.807) is 10.9 Å². The molecule has 0 spiro atoms. The van der Waals surface area contributed by atoms with E-state index in [9.17, 15) is 13.2 Å². The number of carbonyl (C=O) groups excluding carboxylic acids is 1. The molecule has 1 atom stereocenters. The second-order valence-corrected chi connectivity index (χ2v) is 7.67. The summed E-state index contributed by atoms with van der Waals surface area (Å²) in [5.74, 6) is -0.324. The SMILES string of the molecule is COc1ccc(Cl)cc1S(=O)(=O)NC(C)C(=O)NCc1cscn1. The number of methoxy groups -OCH3 is 1. The molecule has 24 heavy (non-hydrogen) atoms. The van der Waals surface area contributed by atoms with Crippen molar-refractivity contribution in [2.45, 2.75) is 24.4 Å². The maximum atomic E-state index is 12.5. The van der Waals surface area contributed by atoms with Crippen LogP contribution in [-0.4, -0.2) is 32.5 Å². The van der Waals surface area contributed by atoms with Crippen molar-refractivity contribution in [1.29, 1.82) is 0 Å².